The molecule has 0 aliphatic carbocycles. The third-order valence-corrected chi connectivity index (χ3v) is 3.78. The fourth-order valence-corrected chi connectivity index (χ4v) is 2.58. The second-order valence-corrected chi connectivity index (χ2v) is 5.57. The van der Waals surface area contributed by atoms with Gasteiger partial charge in [-0.3, -0.25) is 0 Å². The van der Waals surface area contributed by atoms with E-state index in [1.54, 1.807) is 0 Å². The van der Waals surface area contributed by atoms with Gasteiger partial charge in [-0.05, 0) is 43.7 Å². The Labute approximate surface area is 140 Å². The molecular weight excluding hydrogens is 321 g/mol. The van der Waals surface area contributed by atoms with Crippen LogP contribution in [0.1, 0.15) is 18.1 Å². The molecule has 22 heavy (non-hydrogen) atoms. The van der Waals surface area contributed by atoms with Gasteiger partial charge in [0.2, 0.25) is 0 Å². The molecule has 5 heteroatoms. The van der Waals surface area contributed by atoms with Crippen LogP contribution < -0.4 is 15.2 Å². The molecule has 0 aliphatic heterocycles. The van der Waals surface area contributed by atoms with Gasteiger partial charge in [0.25, 0.3) is 0 Å². The van der Waals surface area contributed by atoms with E-state index >= 15 is 0 Å². The lowest BCUT2D eigenvalue weighted by molar-refractivity contribution is 0.269. The molecule has 0 saturated carbocycles. The van der Waals surface area contributed by atoms with Crippen molar-refractivity contribution in [3.05, 3.63) is 57.6 Å². The summed E-state index contributed by atoms with van der Waals surface area (Å²) in [6, 6.07) is 11.3. The number of halogens is 2. The van der Waals surface area contributed by atoms with Gasteiger partial charge in [-0.25, -0.2) is 0 Å². The number of hydrogen-bond donors (Lipinski definition) is 1. The average molecular weight is 340 g/mol. The van der Waals surface area contributed by atoms with Gasteiger partial charge in [0, 0.05) is 10.6 Å². The van der Waals surface area contributed by atoms with Gasteiger partial charge in [0.05, 0.1) is 11.6 Å². The van der Waals surface area contributed by atoms with Crippen molar-refractivity contribution in [3.63, 3.8) is 0 Å². The standard InChI is InChI=1S/C17H19Cl2NO2/c1-2-21-16-10-12(7-8-20)9-15(19)17(16)22-11-13-5-3-4-6-14(13)18/h3-6,9-10H,2,7-8,11,20H2,1H3. The molecule has 0 fully saturated rings. The quantitative estimate of drug-likeness (QED) is 0.809. The first-order valence-electron chi connectivity index (χ1n) is 7.17. The van der Waals surface area contributed by atoms with Crippen molar-refractivity contribution in [3.8, 4) is 11.5 Å². The molecule has 0 saturated heterocycles. The maximum Gasteiger partial charge on any atom is 0.180 e. The zero-order chi connectivity index (χ0) is 15.9. The Morgan fingerprint density at radius 1 is 1.05 bits per heavy atom. The number of hydrogen-bond acceptors (Lipinski definition) is 3. The minimum Gasteiger partial charge on any atom is -0.490 e. The first-order chi connectivity index (χ1) is 10.7. The van der Waals surface area contributed by atoms with E-state index in [0.717, 1.165) is 17.5 Å². The zero-order valence-electron chi connectivity index (χ0n) is 12.4. The molecule has 2 rings (SSSR count). The molecule has 0 atom stereocenters. The maximum atomic E-state index is 6.33. The summed E-state index contributed by atoms with van der Waals surface area (Å²) in [5.74, 6) is 1.16. The molecule has 0 spiro atoms. The summed E-state index contributed by atoms with van der Waals surface area (Å²) in [6.45, 7) is 3.34. The number of rotatable bonds is 7. The highest BCUT2D eigenvalue weighted by Crippen LogP contribution is 2.37. The van der Waals surface area contributed by atoms with Crippen molar-refractivity contribution in [2.24, 2.45) is 5.73 Å². The highest BCUT2D eigenvalue weighted by Gasteiger charge is 2.13. The smallest absolute Gasteiger partial charge is 0.180 e. The predicted molar refractivity (Wildman–Crippen MR) is 91.2 cm³/mol. The molecule has 0 amide bonds. The topological polar surface area (TPSA) is 44.5 Å². The fourth-order valence-electron chi connectivity index (χ4n) is 2.10. The Morgan fingerprint density at radius 2 is 1.82 bits per heavy atom. The summed E-state index contributed by atoms with van der Waals surface area (Å²) in [7, 11) is 0. The summed E-state index contributed by atoms with van der Waals surface area (Å²) < 4.78 is 11.5. The third kappa shape index (κ3) is 4.29. The van der Waals surface area contributed by atoms with E-state index < -0.39 is 0 Å². The normalized spacial score (nSPS) is 10.5. The van der Waals surface area contributed by atoms with E-state index in [0.29, 0.717) is 41.3 Å². The summed E-state index contributed by atoms with van der Waals surface area (Å²) in [4.78, 5) is 0. The second-order valence-electron chi connectivity index (χ2n) is 4.76. The zero-order valence-corrected chi connectivity index (χ0v) is 14.0. The van der Waals surface area contributed by atoms with Crippen LogP contribution in [-0.2, 0) is 13.0 Å². The van der Waals surface area contributed by atoms with Gasteiger partial charge in [0.1, 0.15) is 6.61 Å². The summed E-state index contributed by atoms with van der Waals surface area (Å²) in [5.41, 5.74) is 7.52. The van der Waals surface area contributed by atoms with Crippen molar-refractivity contribution in [2.45, 2.75) is 20.0 Å². The average Bonchev–Trinajstić information content (AvgIpc) is 2.49. The SMILES string of the molecule is CCOc1cc(CCN)cc(Cl)c1OCc1ccccc1Cl. The van der Waals surface area contributed by atoms with Gasteiger partial charge < -0.3 is 15.2 Å². The highest BCUT2D eigenvalue weighted by molar-refractivity contribution is 6.32. The second kappa shape index (κ2) is 8.28. The number of benzene rings is 2. The first-order valence-corrected chi connectivity index (χ1v) is 7.92. The van der Waals surface area contributed by atoms with E-state index in [2.05, 4.69) is 0 Å². The van der Waals surface area contributed by atoms with Crippen LogP contribution in [0.15, 0.2) is 36.4 Å². The largest absolute Gasteiger partial charge is 0.490 e. The van der Waals surface area contributed by atoms with E-state index in [9.17, 15) is 0 Å². The van der Waals surface area contributed by atoms with Crippen molar-refractivity contribution >= 4 is 23.2 Å². The maximum absolute atomic E-state index is 6.33. The molecule has 0 aromatic heterocycles. The molecule has 0 heterocycles. The van der Waals surface area contributed by atoms with Crippen LogP contribution in [0.3, 0.4) is 0 Å². The van der Waals surface area contributed by atoms with E-state index in [1.807, 2.05) is 43.3 Å². The van der Waals surface area contributed by atoms with Gasteiger partial charge in [-0.1, -0.05) is 41.4 Å². The van der Waals surface area contributed by atoms with Crippen LogP contribution in [0.25, 0.3) is 0 Å². The highest BCUT2D eigenvalue weighted by atomic mass is 35.5. The molecule has 2 aromatic rings. The molecule has 0 bridgehead atoms. The van der Waals surface area contributed by atoms with Crippen LogP contribution in [-0.4, -0.2) is 13.2 Å². The summed E-state index contributed by atoms with van der Waals surface area (Å²) in [6.07, 6.45) is 0.741. The first kappa shape index (κ1) is 16.9. The van der Waals surface area contributed by atoms with Crippen molar-refractivity contribution < 1.29 is 9.47 Å². The molecule has 2 aromatic carbocycles. The predicted octanol–water partition coefficient (Wildman–Crippen LogP) is 4.47. The minimum atomic E-state index is 0.329. The minimum absolute atomic E-state index is 0.329. The summed E-state index contributed by atoms with van der Waals surface area (Å²) >= 11 is 12.5. The van der Waals surface area contributed by atoms with Crippen molar-refractivity contribution in [1.29, 1.82) is 0 Å². The molecule has 118 valence electrons. The van der Waals surface area contributed by atoms with Gasteiger partial charge >= 0.3 is 0 Å². The summed E-state index contributed by atoms with van der Waals surface area (Å²) in [5, 5.41) is 1.18. The van der Waals surface area contributed by atoms with Crippen LogP contribution >= 0.6 is 23.2 Å². The van der Waals surface area contributed by atoms with Gasteiger partial charge in [-0.2, -0.15) is 0 Å². The third-order valence-electron chi connectivity index (χ3n) is 3.13. The molecule has 3 nitrogen and oxygen atoms in total. The number of nitrogens with two attached hydrogens (primary N) is 1. The van der Waals surface area contributed by atoms with E-state index in [1.165, 1.54) is 0 Å². The Bertz CT molecular complexity index is 632. The van der Waals surface area contributed by atoms with E-state index in [4.69, 9.17) is 38.4 Å². The Hall–Kier alpha value is -1.42. The number of ether oxygens (including phenoxy) is 2. The Morgan fingerprint density at radius 3 is 2.50 bits per heavy atom. The lowest BCUT2D eigenvalue weighted by Crippen LogP contribution is -2.05. The van der Waals surface area contributed by atoms with Gasteiger partial charge in [0.15, 0.2) is 11.5 Å². The Balaban J connectivity index is 2.23. The van der Waals surface area contributed by atoms with E-state index in [-0.39, 0.29) is 0 Å². The van der Waals surface area contributed by atoms with Crippen LogP contribution in [0.4, 0.5) is 0 Å². The monoisotopic (exact) mass is 339 g/mol. The van der Waals surface area contributed by atoms with Gasteiger partial charge in [-0.15, -0.1) is 0 Å². The van der Waals surface area contributed by atoms with Crippen molar-refractivity contribution in [2.75, 3.05) is 13.2 Å². The van der Waals surface area contributed by atoms with Crippen LogP contribution in [0.5, 0.6) is 11.5 Å². The van der Waals surface area contributed by atoms with Crippen molar-refractivity contribution in [1.82, 2.24) is 0 Å². The lowest BCUT2D eigenvalue weighted by atomic mass is 10.1. The molecule has 0 aliphatic rings. The molecule has 0 unspecified atom stereocenters. The van der Waals surface area contributed by atoms with Crippen LogP contribution in [0.2, 0.25) is 10.0 Å². The Kier molecular flexibility index (Phi) is 6.37. The molecule has 2 N–H and O–H groups in total. The fraction of sp³-hybridized carbons (Fsp3) is 0.294. The molecule has 0 radical (unpaired) electrons. The molecular formula is C17H19Cl2NO2. The lowest BCUT2D eigenvalue weighted by Gasteiger charge is -2.15. The van der Waals surface area contributed by atoms with Crippen LogP contribution in [0, 0.1) is 0 Å².